The van der Waals surface area contributed by atoms with Crippen molar-refractivity contribution in [3.05, 3.63) is 83.4 Å². The summed E-state index contributed by atoms with van der Waals surface area (Å²) in [4.78, 5) is 13.1. The van der Waals surface area contributed by atoms with E-state index in [9.17, 15) is 9.18 Å². The number of nitrogens with two attached hydrogens (primary N) is 1. The maximum Gasteiger partial charge on any atom is 0.293 e. The van der Waals surface area contributed by atoms with Crippen LogP contribution in [0.25, 0.3) is 11.1 Å². The second-order valence-electron chi connectivity index (χ2n) is 10.1. The third kappa shape index (κ3) is 5.78. The van der Waals surface area contributed by atoms with Gasteiger partial charge in [0.05, 0.1) is 19.3 Å². The van der Waals surface area contributed by atoms with Crippen LogP contribution in [0.3, 0.4) is 0 Å². The van der Waals surface area contributed by atoms with E-state index in [1.165, 1.54) is 0 Å². The fourth-order valence-electron chi connectivity index (χ4n) is 5.11. The Balaban J connectivity index is 1.43. The highest BCUT2D eigenvalue weighted by Gasteiger charge is 2.41. The Morgan fingerprint density at radius 2 is 1.81 bits per heavy atom. The van der Waals surface area contributed by atoms with Crippen LogP contribution < -0.4 is 15.4 Å². The number of benzene rings is 3. The molecule has 2 fully saturated rings. The van der Waals surface area contributed by atoms with E-state index in [4.69, 9.17) is 19.9 Å². The minimum atomic E-state index is -0.640. The number of ether oxygens (including phenoxy) is 3. The maximum absolute atomic E-state index is 13.3. The van der Waals surface area contributed by atoms with Gasteiger partial charge in [0.2, 0.25) is 0 Å². The summed E-state index contributed by atoms with van der Waals surface area (Å²) in [7, 11) is 0. The molecular formula is C30H33FN2O4. The van der Waals surface area contributed by atoms with Gasteiger partial charge < -0.3 is 24.8 Å². The lowest BCUT2D eigenvalue weighted by Gasteiger charge is -2.48. The van der Waals surface area contributed by atoms with Crippen LogP contribution in [-0.4, -0.2) is 39.5 Å². The zero-order valence-electron chi connectivity index (χ0n) is 20.9. The third-order valence-electron chi connectivity index (χ3n) is 7.47. The summed E-state index contributed by atoms with van der Waals surface area (Å²) < 4.78 is 29.9. The number of piperidine rings is 1. The molecular weight excluding hydrogens is 471 g/mol. The summed E-state index contributed by atoms with van der Waals surface area (Å²) in [5, 5.41) is 0. The first-order valence-electron chi connectivity index (χ1n) is 12.7. The van der Waals surface area contributed by atoms with E-state index >= 15 is 0 Å². The number of para-hydroxylation sites is 1. The zero-order chi connectivity index (χ0) is 25.7. The van der Waals surface area contributed by atoms with Gasteiger partial charge in [0, 0.05) is 29.8 Å². The van der Waals surface area contributed by atoms with Crippen LogP contribution in [0.15, 0.2) is 66.7 Å². The lowest BCUT2D eigenvalue weighted by atomic mass is 9.76. The Labute approximate surface area is 217 Å². The van der Waals surface area contributed by atoms with E-state index in [-0.39, 0.29) is 6.61 Å². The topological polar surface area (TPSA) is 74.0 Å². The number of nitrogens with zero attached hydrogens (tertiary/aromatic N) is 1. The molecule has 0 unspecified atom stereocenters. The summed E-state index contributed by atoms with van der Waals surface area (Å²) in [5.74, 6) is 0.678. The molecule has 5 rings (SSSR count). The zero-order valence-corrected chi connectivity index (χ0v) is 20.9. The molecule has 7 heteroatoms. The molecule has 2 aliphatic rings. The van der Waals surface area contributed by atoms with Crippen LogP contribution in [0.5, 0.6) is 5.75 Å². The van der Waals surface area contributed by atoms with Crippen LogP contribution in [0, 0.1) is 5.41 Å². The van der Waals surface area contributed by atoms with E-state index in [0.717, 1.165) is 72.6 Å². The van der Waals surface area contributed by atoms with Crippen molar-refractivity contribution in [2.75, 3.05) is 37.9 Å². The van der Waals surface area contributed by atoms with Crippen molar-refractivity contribution in [1.29, 1.82) is 0 Å². The number of carbonyl (C=O) groups is 1. The Kier molecular flexibility index (Phi) is 7.72. The number of hydrogen-bond acceptors (Lipinski definition) is 6. The molecule has 1 spiro atoms. The SMILES string of the molecule is N[C@H](CF)c1cccc(-c2cc(COc3ccccc3COC=O)cc(N3CCC4(CC3)COC4)c2)c1. The maximum atomic E-state index is 13.3. The molecule has 194 valence electrons. The summed E-state index contributed by atoms with van der Waals surface area (Å²) in [5.41, 5.74) is 12.1. The molecule has 0 radical (unpaired) electrons. The summed E-state index contributed by atoms with van der Waals surface area (Å²) in [6.07, 6.45) is 2.24. The monoisotopic (exact) mass is 504 g/mol. The normalized spacial score (nSPS) is 17.2. The van der Waals surface area contributed by atoms with Crippen molar-refractivity contribution in [2.24, 2.45) is 11.1 Å². The van der Waals surface area contributed by atoms with E-state index < -0.39 is 12.7 Å². The molecule has 6 nitrogen and oxygen atoms in total. The Bertz CT molecular complexity index is 1220. The lowest BCUT2D eigenvalue weighted by Crippen LogP contribution is -2.50. The molecule has 37 heavy (non-hydrogen) atoms. The van der Waals surface area contributed by atoms with Gasteiger partial charge in [0.1, 0.15) is 25.6 Å². The Morgan fingerprint density at radius 3 is 2.54 bits per heavy atom. The van der Waals surface area contributed by atoms with Crippen molar-refractivity contribution >= 4 is 12.2 Å². The van der Waals surface area contributed by atoms with Crippen LogP contribution in [0.2, 0.25) is 0 Å². The van der Waals surface area contributed by atoms with Crippen LogP contribution in [-0.2, 0) is 27.5 Å². The quantitative estimate of drug-likeness (QED) is 0.383. The molecule has 1 atom stereocenters. The molecule has 0 saturated carbocycles. The van der Waals surface area contributed by atoms with Crippen molar-refractivity contribution in [3.63, 3.8) is 0 Å². The molecule has 2 aliphatic heterocycles. The molecule has 2 heterocycles. The Morgan fingerprint density at radius 1 is 1.00 bits per heavy atom. The number of anilines is 1. The molecule has 0 amide bonds. The van der Waals surface area contributed by atoms with Gasteiger partial charge in [0.25, 0.3) is 6.47 Å². The van der Waals surface area contributed by atoms with E-state index in [1.54, 1.807) is 0 Å². The minimum absolute atomic E-state index is 0.159. The number of carbonyl (C=O) groups excluding carboxylic acids is 1. The molecule has 0 bridgehead atoms. The summed E-state index contributed by atoms with van der Waals surface area (Å²) in [6, 6.07) is 21.2. The highest BCUT2D eigenvalue weighted by atomic mass is 19.1. The first-order chi connectivity index (χ1) is 18.1. The number of alkyl halides is 1. The molecule has 0 aromatic heterocycles. The number of hydrogen-bond donors (Lipinski definition) is 1. The summed E-state index contributed by atoms with van der Waals surface area (Å²) in [6.45, 7) is 4.05. The van der Waals surface area contributed by atoms with E-state index in [2.05, 4.69) is 23.1 Å². The lowest BCUT2D eigenvalue weighted by molar-refractivity contribution is -0.129. The van der Waals surface area contributed by atoms with E-state index in [0.29, 0.717) is 24.2 Å². The fraction of sp³-hybridized carbons (Fsp3) is 0.367. The average molecular weight is 505 g/mol. The number of halogens is 1. The number of rotatable bonds is 10. The summed E-state index contributed by atoms with van der Waals surface area (Å²) >= 11 is 0. The first-order valence-corrected chi connectivity index (χ1v) is 12.7. The van der Waals surface area contributed by atoms with Gasteiger partial charge >= 0.3 is 0 Å². The second-order valence-corrected chi connectivity index (χ2v) is 10.1. The van der Waals surface area contributed by atoms with Gasteiger partial charge in [-0.1, -0.05) is 36.4 Å². The standard InChI is InChI=1S/C30H33FN2O4/c31-16-28(32)24-6-3-5-23(14-24)26-12-22(17-37-29-7-2-1-4-25(29)18-35-21-34)13-27(15-26)33-10-8-30(9-11-33)19-36-20-30/h1-7,12-15,21,28H,8-11,16-20,32H2/t28-/m1/s1. The largest absolute Gasteiger partial charge is 0.488 e. The average Bonchev–Trinajstić information content (AvgIpc) is 2.94. The van der Waals surface area contributed by atoms with Gasteiger partial charge in [-0.05, 0) is 65.4 Å². The molecule has 3 aromatic carbocycles. The molecule has 2 N–H and O–H groups in total. The van der Waals surface area contributed by atoms with Gasteiger partial charge in [-0.25, -0.2) is 4.39 Å². The van der Waals surface area contributed by atoms with Crippen molar-refractivity contribution in [2.45, 2.75) is 32.1 Å². The van der Waals surface area contributed by atoms with Crippen molar-refractivity contribution in [3.8, 4) is 16.9 Å². The van der Waals surface area contributed by atoms with Gasteiger partial charge in [0.15, 0.2) is 0 Å². The van der Waals surface area contributed by atoms with Crippen LogP contribution >= 0.6 is 0 Å². The molecule has 2 saturated heterocycles. The van der Waals surface area contributed by atoms with E-state index in [1.807, 2.05) is 48.5 Å². The molecule has 0 aliphatic carbocycles. The smallest absolute Gasteiger partial charge is 0.293 e. The fourth-order valence-corrected chi connectivity index (χ4v) is 5.11. The predicted molar refractivity (Wildman–Crippen MR) is 141 cm³/mol. The van der Waals surface area contributed by atoms with Crippen LogP contribution in [0.4, 0.5) is 10.1 Å². The van der Waals surface area contributed by atoms with Gasteiger partial charge in [-0.3, -0.25) is 4.79 Å². The third-order valence-corrected chi connectivity index (χ3v) is 7.47. The highest BCUT2D eigenvalue weighted by molar-refractivity contribution is 5.70. The Hall–Kier alpha value is -3.42. The van der Waals surface area contributed by atoms with Gasteiger partial charge in [-0.2, -0.15) is 0 Å². The molecule has 3 aromatic rings. The first kappa shape index (κ1) is 25.2. The highest BCUT2D eigenvalue weighted by Crippen LogP contribution is 2.40. The van der Waals surface area contributed by atoms with Crippen molar-refractivity contribution < 1.29 is 23.4 Å². The minimum Gasteiger partial charge on any atom is -0.488 e. The van der Waals surface area contributed by atoms with Gasteiger partial charge in [-0.15, -0.1) is 0 Å². The predicted octanol–water partition coefficient (Wildman–Crippen LogP) is 5.19. The van der Waals surface area contributed by atoms with Crippen LogP contribution in [0.1, 0.15) is 35.6 Å². The second kappa shape index (κ2) is 11.3. The van der Waals surface area contributed by atoms with Crippen molar-refractivity contribution in [1.82, 2.24) is 0 Å².